The Bertz CT molecular complexity index is 541. The van der Waals surface area contributed by atoms with E-state index in [4.69, 9.17) is 9.68 Å². The summed E-state index contributed by atoms with van der Waals surface area (Å²) >= 11 is 0. The molecular weight excluding hydrogens is 226 g/mol. The number of hydrogen-bond donors (Lipinski definition) is 1. The molecule has 1 aromatic heterocycles. The van der Waals surface area contributed by atoms with Gasteiger partial charge in [0.25, 0.3) is 0 Å². The summed E-state index contributed by atoms with van der Waals surface area (Å²) in [6.45, 7) is 3.67. The van der Waals surface area contributed by atoms with Crippen molar-refractivity contribution < 1.29 is 4.42 Å². The molecule has 0 fully saturated rings. The Morgan fingerprint density at radius 2 is 2.39 bits per heavy atom. The average molecular weight is 243 g/mol. The zero-order valence-corrected chi connectivity index (χ0v) is 10.5. The van der Waals surface area contributed by atoms with Crippen molar-refractivity contribution in [3.63, 3.8) is 0 Å². The van der Waals surface area contributed by atoms with Gasteiger partial charge >= 0.3 is 0 Å². The van der Waals surface area contributed by atoms with Crippen LogP contribution >= 0.6 is 0 Å². The molecule has 0 saturated heterocycles. The fourth-order valence-electron chi connectivity index (χ4n) is 1.85. The highest BCUT2D eigenvalue weighted by Crippen LogP contribution is 2.14. The van der Waals surface area contributed by atoms with Crippen molar-refractivity contribution >= 4 is 11.1 Å². The van der Waals surface area contributed by atoms with Gasteiger partial charge in [-0.1, -0.05) is 13.0 Å². The predicted octanol–water partition coefficient (Wildman–Crippen LogP) is 2.51. The number of aromatic nitrogens is 1. The first-order valence-electron chi connectivity index (χ1n) is 6.26. The van der Waals surface area contributed by atoms with Crippen LogP contribution in [0.2, 0.25) is 0 Å². The van der Waals surface area contributed by atoms with Crippen molar-refractivity contribution in [3.8, 4) is 6.07 Å². The van der Waals surface area contributed by atoms with Gasteiger partial charge in [0.05, 0.1) is 12.0 Å². The lowest BCUT2D eigenvalue weighted by atomic mass is 10.1. The van der Waals surface area contributed by atoms with E-state index in [2.05, 4.69) is 22.4 Å². The molecule has 2 rings (SSSR count). The Labute approximate surface area is 107 Å². The first-order chi connectivity index (χ1) is 8.83. The van der Waals surface area contributed by atoms with E-state index in [9.17, 15) is 0 Å². The van der Waals surface area contributed by atoms with E-state index in [0.29, 0.717) is 0 Å². The van der Waals surface area contributed by atoms with Crippen LogP contribution in [0.25, 0.3) is 11.1 Å². The topological polar surface area (TPSA) is 61.9 Å². The smallest absolute Gasteiger partial charge is 0.181 e. The van der Waals surface area contributed by atoms with Crippen LogP contribution in [0.1, 0.15) is 18.9 Å². The van der Waals surface area contributed by atoms with Crippen molar-refractivity contribution in [2.24, 2.45) is 5.92 Å². The summed E-state index contributed by atoms with van der Waals surface area (Å²) in [5, 5.41) is 12.1. The van der Waals surface area contributed by atoms with Crippen LogP contribution < -0.4 is 5.32 Å². The van der Waals surface area contributed by atoms with Gasteiger partial charge in [-0.3, -0.25) is 0 Å². The largest absolute Gasteiger partial charge is 0.443 e. The molecule has 0 amide bonds. The van der Waals surface area contributed by atoms with Crippen LogP contribution in [-0.4, -0.2) is 18.1 Å². The summed E-state index contributed by atoms with van der Waals surface area (Å²) in [6.07, 6.45) is 3.29. The minimum absolute atomic E-state index is 0.113. The number of nitrogens with one attached hydrogen (secondary N) is 1. The second-order valence-electron chi connectivity index (χ2n) is 4.34. The minimum atomic E-state index is 0.113. The normalized spacial score (nSPS) is 12.4. The van der Waals surface area contributed by atoms with Gasteiger partial charge in [-0.2, -0.15) is 5.26 Å². The number of nitrogens with zero attached hydrogens (tertiary/aromatic N) is 2. The Kier molecular flexibility index (Phi) is 4.32. The molecule has 4 nitrogen and oxygen atoms in total. The van der Waals surface area contributed by atoms with E-state index in [0.717, 1.165) is 37.0 Å². The highest BCUT2D eigenvalue weighted by atomic mass is 16.3. The van der Waals surface area contributed by atoms with Crippen molar-refractivity contribution in [1.29, 1.82) is 5.26 Å². The summed E-state index contributed by atoms with van der Waals surface area (Å²) in [7, 11) is 0. The number of oxazole rings is 1. The zero-order chi connectivity index (χ0) is 12.8. The fraction of sp³-hybridized carbons (Fsp3) is 0.429. The van der Waals surface area contributed by atoms with Crippen LogP contribution in [0.4, 0.5) is 0 Å². The molecule has 1 heterocycles. The van der Waals surface area contributed by atoms with Gasteiger partial charge in [0.2, 0.25) is 0 Å². The van der Waals surface area contributed by atoms with Gasteiger partial charge in [-0.15, -0.1) is 0 Å². The second-order valence-corrected chi connectivity index (χ2v) is 4.34. The molecule has 0 aliphatic rings. The Balaban J connectivity index is 1.81. The number of nitriles is 1. The maximum atomic E-state index is 8.83. The molecule has 0 saturated carbocycles. The lowest BCUT2D eigenvalue weighted by molar-refractivity contribution is 0.554. The summed E-state index contributed by atoms with van der Waals surface area (Å²) in [4.78, 5) is 4.08. The summed E-state index contributed by atoms with van der Waals surface area (Å²) in [5.41, 5.74) is 2.94. The molecule has 0 radical (unpaired) electrons. The molecule has 1 N–H and O–H groups in total. The quantitative estimate of drug-likeness (QED) is 0.792. The van der Waals surface area contributed by atoms with E-state index in [1.54, 1.807) is 0 Å². The summed E-state index contributed by atoms with van der Waals surface area (Å²) in [5.74, 6) is 0.113. The molecule has 18 heavy (non-hydrogen) atoms. The molecule has 0 spiro atoms. The van der Waals surface area contributed by atoms with Crippen LogP contribution in [0.5, 0.6) is 0 Å². The molecule has 4 heteroatoms. The van der Waals surface area contributed by atoms with Crippen LogP contribution in [0, 0.1) is 17.2 Å². The lowest BCUT2D eigenvalue weighted by Gasteiger charge is -2.07. The monoisotopic (exact) mass is 243 g/mol. The highest BCUT2D eigenvalue weighted by Gasteiger charge is 2.03. The Morgan fingerprint density at radius 3 is 3.17 bits per heavy atom. The van der Waals surface area contributed by atoms with Crippen molar-refractivity contribution in [1.82, 2.24) is 10.3 Å². The van der Waals surface area contributed by atoms with E-state index in [-0.39, 0.29) is 5.92 Å². The average Bonchev–Trinajstić information content (AvgIpc) is 2.86. The SMILES string of the molecule is CCC(C#N)CNCCc1ccc2ncoc2c1. The molecule has 94 valence electrons. The molecule has 1 unspecified atom stereocenters. The van der Waals surface area contributed by atoms with Crippen LogP contribution in [0.15, 0.2) is 29.0 Å². The molecule has 0 aliphatic heterocycles. The second kappa shape index (κ2) is 6.18. The standard InChI is InChI=1S/C14H17N3O/c1-2-11(8-15)9-16-6-5-12-3-4-13-14(7-12)18-10-17-13/h3-4,7,10-11,16H,2,5-6,9H2,1H3. The predicted molar refractivity (Wildman–Crippen MR) is 70.0 cm³/mol. The molecule has 0 bridgehead atoms. The third kappa shape index (κ3) is 3.08. The first-order valence-corrected chi connectivity index (χ1v) is 6.26. The van der Waals surface area contributed by atoms with Gasteiger partial charge in [-0.05, 0) is 37.1 Å². The fourth-order valence-corrected chi connectivity index (χ4v) is 1.85. The number of hydrogen-bond acceptors (Lipinski definition) is 4. The van der Waals surface area contributed by atoms with Crippen LogP contribution in [0.3, 0.4) is 0 Å². The number of benzene rings is 1. The number of rotatable bonds is 6. The van der Waals surface area contributed by atoms with Crippen LogP contribution in [-0.2, 0) is 6.42 Å². The summed E-state index contributed by atoms with van der Waals surface area (Å²) < 4.78 is 5.26. The minimum Gasteiger partial charge on any atom is -0.443 e. The van der Waals surface area contributed by atoms with Crippen molar-refractivity contribution in [3.05, 3.63) is 30.2 Å². The Hall–Kier alpha value is -1.86. The molecular formula is C14H17N3O. The van der Waals surface area contributed by atoms with Gasteiger partial charge in [-0.25, -0.2) is 4.98 Å². The van der Waals surface area contributed by atoms with Gasteiger partial charge in [0, 0.05) is 6.54 Å². The molecule has 1 atom stereocenters. The maximum absolute atomic E-state index is 8.83. The third-order valence-corrected chi connectivity index (χ3v) is 3.05. The molecule has 0 aliphatic carbocycles. The van der Waals surface area contributed by atoms with E-state index >= 15 is 0 Å². The number of fused-ring (bicyclic) bond motifs is 1. The van der Waals surface area contributed by atoms with Gasteiger partial charge < -0.3 is 9.73 Å². The zero-order valence-electron chi connectivity index (χ0n) is 10.5. The lowest BCUT2D eigenvalue weighted by Crippen LogP contribution is -2.23. The molecule has 1 aromatic carbocycles. The van der Waals surface area contributed by atoms with Gasteiger partial charge in [0.1, 0.15) is 5.52 Å². The van der Waals surface area contributed by atoms with E-state index < -0.39 is 0 Å². The summed E-state index contributed by atoms with van der Waals surface area (Å²) in [6, 6.07) is 8.34. The van der Waals surface area contributed by atoms with E-state index in [1.165, 1.54) is 12.0 Å². The van der Waals surface area contributed by atoms with Gasteiger partial charge in [0.15, 0.2) is 12.0 Å². The maximum Gasteiger partial charge on any atom is 0.181 e. The van der Waals surface area contributed by atoms with Crippen molar-refractivity contribution in [2.45, 2.75) is 19.8 Å². The third-order valence-electron chi connectivity index (χ3n) is 3.05. The highest BCUT2D eigenvalue weighted by molar-refractivity contribution is 5.72. The first kappa shape index (κ1) is 12.6. The Morgan fingerprint density at radius 1 is 1.50 bits per heavy atom. The molecule has 2 aromatic rings. The van der Waals surface area contributed by atoms with E-state index in [1.807, 2.05) is 19.1 Å². The van der Waals surface area contributed by atoms with Crippen molar-refractivity contribution in [2.75, 3.05) is 13.1 Å².